The van der Waals surface area contributed by atoms with E-state index in [9.17, 15) is 19.1 Å². The fourth-order valence-electron chi connectivity index (χ4n) is 3.74. The minimum Gasteiger partial charge on any atom is -0.490 e. The zero-order valence-corrected chi connectivity index (χ0v) is 17.5. The van der Waals surface area contributed by atoms with E-state index in [0.29, 0.717) is 17.9 Å². The number of aliphatic hydroxyl groups excluding tert-OH is 2. The van der Waals surface area contributed by atoms with Crippen LogP contribution in [0.4, 0.5) is 9.80 Å². The third-order valence-electron chi connectivity index (χ3n) is 5.19. The number of aliphatic hydroxyl groups is 2. The number of ether oxygens (including phenoxy) is 2. The summed E-state index contributed by atoms with van der Waals surface area (Å²) in [6.45, 7) is 6.52. The zero-order chi connectivity index (χ0) is 20.4. The van der Waals surface area contributed by atoms with Gasteiger partial charge in [-0.15, -0.1) is 0 Å². The average Bonchev–Trinajstić information content (AvgIpc) is 2.58. The Kier molecular flexibility index (Phi) is 7.01. The van der Waals surface area contributed by atoms with Crippen LogP contribution in [-0.4, -0.2) is 50.5 Å². The van der Waals surface area contributed by atoms with E-state index >= 15 is 0 Å². The second-order valence-electron chi connectivity index (χ2n) is 7.70. The van der Waals surface area contributed by atoms with Crippen LogP contribution in [0.3, 0.4) is 0 Å². The molecule has 1 unspecified atom stereocenters. The molecule has 0 radical (unpaired) electrons. The number of rotatable bonds is 7. The highest BCUT2D eigenvalue weighted by Crippen LogP contribution is 2.47. The summed E-state index contributed by atoms with van der Waals surface area (Å²) in [5.74, 6) is -0.0507. The van der Waals surface area contributed by atoms with Crippen molar-refractivity contribution in [2.24, 2.45) is 5.92 Å². The van der Waals surface area contributed by atoms with Gasteiger partial charge < -0.3 is 29.1 Å². The van der Waals surface area contributed by atoms with E-state index < -0.39 is 26.5 Å². The van der Waals surface area contributed by atoms with Gasteiger partial charge in [-0.25, -0.2) is 0 Å². The normalized spacial score (nSPS) is 24.5. The molecule has 0 saturated heterocycles. The maximum atomic E-state index is 14.9. The minimum atomic E-state index is -3.07. The Morgan fingerprint density at radius 1 is 1.44 bits per heavy atom. The van der Waals surface area contributed by atoms with Gasteiger partial charge in [-0.2, -0.15) is 0 Å². The highest BCUT2D eigenvalue weighted by molar-refractivity contribution is 6.72. The number of hydrogen-bond acceptors (Lipinski definition) is 5. The van der Waals surface area contributed by atoms with Crippen LogP contribution in [0, 0.1) is 5.92 Å². The quantitative estimate of drug-likeness (QED) is 0.485. The van der Waals surface area contributed by atoms with Gasteiger partial charge in [0.2, 0.25) is 8.41 Å². The number of halogens is 1. The summed E-state index contributed by atoms with van der Waals surface area (Å²) < 4.78 is 26.8. The number of amides is 1. The largest absolute Gasteiger partial charge is 0.490 e. The first-order chi connectivity index (χ1) is 12.6. The van der Waals surface area contributed by atoms with Crippen molar-refractivity contribution in [2.75, 3.05) is 19.0 Å². The van der Waals surface area contributed by atoms with Crippen LogP contribution in [0.5, 0.6) is 5.75 Å². The first-order valence-corrected chi connectivity index (χ1v) is 12.2. The van der Waals surface area contributed by atoms with Crippen molar-refractivity contribution in [3.05, 3.63) is 23.8 Å². The summed E-state index contributed by atoms with van der Waals surface area (Å²) in [6, 6.07) is 5.16. The molecule has 27 heavy (non-hydrogen) atoms. The molecule has 0 aliphatic carbocycles. The molecule has 152 valence electrons. The van der Waals surface area contributed by atoms with E-state index in [1.807, 2.05) is 6.92 Å². The van der Waals surface area contributed by atoms with E-state index in [1.54, 1.807) is 38.4 Å². The summed E-state index contributed by atoms with van der Waals surface area (Å²) in [6.07, 6.45) is -1.51. The van der Waals surface area contributed by atoms with Crippen LogP contribution in [0.15, 0.2) is 18.2 Å². The molecule has 1 aliphatic heterocycles. The lowest BCUT2D eigenvalue weighted by Gasteiger charge is -2.43. The number of nitrogens with one attached hydrogen (secondary N) is 1. The van der Waals surface area contributed by atoms with Crippen LogP contribution in [-0.2, 0) is 9.53 Å². The Morgan fingerprint density at radius 2 is 2.11 bits per heavy atom. The predicted molar refractivity (Wildman–Crippen MR) is 104 cm³/mol. The van der Waals surface area contributed by atoms with Crippen LogP contribution < -0.4 is 10.1 Å². The zero-order valence-electron chi connectivity index (χ0n) is 16.5. The van der Waals surface area contributed by atoms with Crippen molar-refractivity contribution < 1.29 is 28.6 Å². The monoisotopic (exact) mass is 399 g/mol. The van der Waals surface area contributed by atoms with Gasteiger partial charge in [-0.05, 0) is 44.6 Å². The number of methoxy groups -OCH3 is 1. The molecular weight excluding hydrogens is 369 g/mol. The Labute approximate surface area is 160 Å². The number of fused-ring (bicyclic) bond motifs is 1. The van der Waals surface area contributed by atoms with E-state index in [0.717, 1.165) is 5.56 Å². The van der Waals surface area contributed by atoms with Crippen molar-refractivity contribution in [1.29, 1.82) is 0 Å². The second kappa shape index (κ2) is 8.68. The van der Waals surface area contributed by atoms with Crippen molar-refractivity contribution >= 4 is 20.0 Å². The van der Waals surface area contributed by atoms with Crippen molar-refractivity contribution in [2.45, 2.75) is 57.2 Å². The average molecular weight is 400 g/mol. The maximum absolute atomic E-state index is 14.9. The van der Waals surface area contributed by atoms with Crippen LogP contribution in [0.25, 0.3) is 0 Å². The molecule has 3 N–H and O–H groups in total. The minimum absolute atomic E-state index is 0.0909. The summed E-state index contributed by atoms with van der Waals surface area (Å²) in [4.78, 5) is 11.7. The topological polar surface area (TPSA) is 88.0 Å². The SMILES string of the molecule is CO[C@@H]1c2cc(NC(=O)[C@H](C)O)ccc2O[C@H](C(CCO)[Si](C)(C)F)[C@H]1C. The van der Waals surface area contributed by atoms with Crippen LogP contribution >= 0.6 is 0 Å². The van der Waals surface area contributed by atoms with E-state index in [4.69, 9.17) is 9.47 Å². The third-order valence-corrected chi connectivity index (χ3v) is 7.58. The number of hydrogen-bond donors (Lipinski definition) is 3. The number of carbonyl (C=O) groups excluding carboxylic acids is 1. The van der Waals surface area contributed by atoms with Gasteiger partial charge in [0.15, 0.2) is 0 Å². The van der Waals surface area contributed by atoms with Gasteiger partial charge in [0, 0.05) is 36.4 Å². The third kappa shape index (κ3) is 4.87. The Balaban J connectivity index is 2.37. The lowest BCUT2D eigenvalue weighted by atomic mass is 9.86. The van der Waals surface area contributed by atoms with Gasteiger partial charge in [-0.3, -0.25) is 4.79 Å². The van der Waals surface area contributed by atoms with E-state index in [-0.39, 0.29) is 24.2 Å². The van der Waals surface area contributed by atoms with Gasteiger partial charge in [0.25, 0.3) is 5.91 Å². The summed E-state index contributed by atoms with van der Waals surface area (Å²) in [5.41, 5.74) is 0.937. The summed E-state index contributed by atoms with van der Waals surface area (Å²) in [7, 11) is -1.48. The molecule has 6 nitrogen and oxygen atoms in total. The standard InChI is InChI=1S/C19H30FNO5Si/c1-11-17(25-3)14-10-13(21-19(24)12(2)23)6-7-15(14)26-18(11)16(8-9-22)27(4,5)20/h6-7,10-12,16-18,22-23H,8-9H2,1-5H3,(H,21,24)/t11-,12-,16?,17-,18-/m0/s1. The molecule has 0 bridgehead atoms. The number of carbonyl (C=O) groups is 1. The smallest absolute Gasteiger partial charge is 0.252 e. The lowest BCUT2D eigenvalue weighted by molar-refractivity contribution is -0.123. The highest BCUT2D eigenvalue weighted by atomic mass is 28.4. The van der Waals surface area contributed by atoms with E-state index in [2.05, 4.69) is 5.32 Å². The lowest BCUT2D eigenvalue weighted by Crippen LogP contribution is -2.46. The molecule has 0 aromatic heterocycles. The first-order valence-electron chi connectivity index (χ1n) is 9.22. The molecule has 0 fully saturated rings. The second-order valence-corrected chi connectivity index (χ2v) is 11.6. The van der Waals surface area contributed by atoms with Gasteiger partial charge in [0.1, 0.15) is 18.0 Å². The number of anilines is 1. The predicted octanol–water partition coefficient (Wildman–Crippen LogP) is 3.02. The van der Waals surface area contributed by atoms with Gasteiger partial charge >= 0.3 is 0 Å². The van der Waals surface area contributed by atoms with Crippen molar-refractivity contribution in [3.63, 3.8) is 0 Å². The summed E-state index contributed by atoms with van der Waals surface area (Å²) in [5, 5.41) is 21.4. The fraction of sp³-hybridized carbons (Fsp3) is 0.632. The summed E-state index contributed by atoms with van der Waals surface area (Å²) >= 11 is 0. The fourth-order valence-corrected chi connectivity index (χ4v) is 5.71. The Hall–Kier alpha value is -1.48. The number of benzene rings is 1. The molecule has 2 rings (SSSR count). The molecule has 5 atom stereocenters. The molecule has 1 amide bonds. The van der Waals surface area contributed by atoms with Gasteiger partial charge in [0.05, 0.1) is 6.10 Å². The Morgan fingerprint density at radius 3 is 2.63 bits per heavy atom. The molecule has 1 aliphatic rings. The molecule has 1 heterocycles. The van der Waals surface area contributed by atoms with Crippen LogP contribution in [0.2, 0.25) is 18.6 Å². The molecule has 1 aromatic rings. The molecule has 8 heteroatoms. The molecular formula is C19H30FNO5Si. The first kappa shape index (κ1) is 21.8. The van der Waals surface area contributed by atoms with Crippen molar-refractivity contribution in [3.8, 4) is 5.75 Å². The molecule has 0 saturated carbocycles. The Bertz CT molecular complexity index is 664. The van der Waals surface area contributed by atoms with Crippen LogP contribution in [0.1, 0.15) is 31.9 Å². The van der Waals surface area contributed by atoms with Gasteiger partial charge in [-0.1, -0.05) is 6.92 Å². The molecule has 1 aromatic carbocycles. The van der Waals surface area contributed by atoms with Crippen molar-refractivity contribution in [1.82, 2.24) is 0 Å². The highest BCUT2D eigenvalue weighted by Gasteiger charge is 2.47. The maximum Gasteiger partial charge on any atom is 0.252 e. The molecule has 0 spiro atoms. The van der Waals surface area contributed by atoms with E-state index in [1.165, 1.54) is 6.92 Å².